The molecule has 5 nitrogen and oxygen atoms in total. The van der Waals surface area contributed by atoms with Gasteiger partial charge in [0.2, 0.25) is 5.91 Å². The van der Waals surface area contributed by atoms with E-state index in [0.717, 1.165) is 12.1 Å². The van der Waals surface area contributed by atoms with Crippen LogP contribution in [0.15, 0.2) is 24.5 Å². The largest absolute Gasteiger partial charge is 0.353 e. The summed E-state index contributed by atoms with van der Waals surface area (Å²) >= 11 is 0. The number of pyridine rings is 1. The Labute approximate surface area is 115 Å². The van der Waals surface area contributed by atoms with Crippen molar-refractivity contribution in [1.82, 2.24) is 15.2 Å². The molecule has 0 aliphatic rings. The smallest absolute Gasteiger partial charge is 0.234 e. The first-order chi connectivity index (χ1) is 9.08. The van der Waals surface area contributed by atoms with Gasteiger partial charge in [0.1, 0.15) is 0 Å². The highest BCUT2D eigenvalue weighted by Gasteiger charge is 2.20. The summed E-state index contributed by atoms with van der Waals surface area (Å²) in [5.41, 5.74) is 6.96. The second kappa shape index (κ2) is 7.86. The van der Waals surface area contributed by atoms with Crippen LogP contribution in [0.25, 0.3) is 0 Å². The van der Waals surface area contributed by atoms with Crippen molar-refractivity contribution in [1.29, 1.82) is 0 Å². The molecule has 1 heterocycles. The van der Waals surface area contributed by atoms with Gasteiger partial charge in [0.05, 0.1) is 6.54 Å². The molecule has 106 valence electrons. The topological polar surface area (TPSA) is 71.2 Å². The molecule has 0 radical (unpaired) electrons. The monoisotopic (exact) mass is 264 g/mol. The third kappa shape index (κ3) is 4.96. The van der Waals surface area contributed by atoms with Crippen molar-refractivity contribution < 1.29 is 4.79 Å². The summed E-state index contributed by atoms with van der Waals surface area (Å²) in [6, 6.07) is 4.09. The molecule has 19 heavy (non-hydrogen) atoms. The van der Waals surface area contributed by atoms with Crippen LogP contribution >= 0.6 is 0 Å². The Morgan fingerprint density at radius 3 is 2.53 bits per heavy atom. The molecular weight excluding hydrogens is 240 g/mol. The van der Waals surface area contributed by atoms with Gasteiger partial charge < -0.3 is 11.1 Å². The van der Waals surface area contributed by atoms with Crippen LogP contribution in [0.1, 0.15) is 32.4 Å². The van der Waals surface area contributed by atoms with Gasteiger partial charge in [0.25, 0.3) is 0 Å². The molecule has 1 aromatic rings. The number of hydrogen-bond donors (Lipinski definition) is 2. The lowest BCUT2D eigenvalue weighted by Crippen LogP contribution is -2.43. The molecule has 0 spiro atoms. The molecule has 3 N–H and O–H groups in total. The molecule has 0 saturated carbocycles. The van der Waals surface area contributed by atoms with E-state index in [0.29, 0.717) is 13.1 Å². The van der Waals surface area contributed by atoms with Crippen molar-refractivity contribution in [3.05, 3.63) is 30.1 Å². The minimum atomic E-state index is 0.0318. The van der Waals surface area contributed by atoms with Crippen molar-refractivity contribution in [3.8, 4) is 0 Å². The number of nitrogens with zero attached hydrogens (tertiary/aromatic N) is 2. The fourth-order valence-electron chi connectivity index (χ4n) is 2.08. The Balaban J connectivity index is 2.74. The fourth-order valence-corrected chi connectivity index (χ4v) is 2.08. The van der Waals surface area contributed by atoms with Crippen LogP contribution in [0, 0.1) is 0 Å². The summed E-state index contributed by atoms with van der Waals surface area (Å²) in [4.78, 5) is 18.0. The number of carbonyl (C=O) groups is 1. The molecular formula is C14H24N4O. The van der Waals surface area contributed by atoms with Crippen molar-refractivity contribution >= 4 is 5.91 Å². The number of likely N-dealkylation sites (N-methyl/N-ethyl adjacent to an activating group) is 1. The first kappa shape index (κ1) is 15.6. The average Bonchev–Trinajstić information content (AvgIpc) is 2.38. The number of carbonyl (C=O) groups excluding carboxylic acids is 1. The third-order valence-corrected chi connectivity index (χ3v) is 2.96. The summed E-state index contributed by atoms with van der Waals surface area (Å²) in [5, 5.41) is 2.90. The molecule has 0 fully saturated rings. The summed E-state index contributed by atoms with van der Waals surface area (Å²) in [5.74, 6) is 0.0318. The first-order valence-corrected chi connectivity index (χ1v) is 6.71. The summed E-state index contributed by atoms with van der Waals surface area (Å²) in [6.07, 6.45) is 3.50. The lowest BCUT2D eigenvalue weighted by Gasteiger charge is -2.29. The number of amides is 1. The molecule has 1 amide bonds. The first-order valence-electron chi connectivity index (χ1n) is 6.71. The van der Waals surface area contributed by atoms with E-state index in [1.807, 2.05) is 32.9 Å². The van der Waals surface area contributed by atoms with E-state index in [1.165, 1.54) is 0 Å². The molecule has 5 heteroatoms. The zero-order chi connectivity index (χ0) is 14.3. The predicted molar refractivity (Wildman–Crippen MR) is 76.6 cm³/mol. The number of rotatable bonds is 7. The van der Waals surface area contributed by atoms with Crippen LogP contribution in [0.2, 0.25) is 0 Å². The zero-order valence-corrected chi connectivity index (χ0v) is 12.0. The van der Waals surface area contributed by atoms with Crippen molar-refractivity contribution in [3.63, 3.8) is 0 Å². The predicted octanol–water partition coefficient (Wildman–Crippen LogP) is 0.928. The SMILES string of the molecule is CCN(CC(=O)NC(C)C)C(CN)c1ccncc1. The van der Waals surface area contributed by atoms with Gasteiger partial charge in [-0.05, 0) is 38.1 Å². The maximum Gasteiger partial charge on any atom is 0.234 e. The lowest BCUT2D eigenvalue weighted by molar-refractivity contribution is -0.123. The summed E-state index contributed by atoms with van der Waals surface area (Å²) in [6.45, 7) is 7.56. The van der Waals surface area contributed by atoms with Gasteiger partial charge in [-0.2, -0.15) is 0 Å². The molecule has 0 aliphatic carbocycles. The van der Waals surface area contributed by atoms with E-state index in [1.54, 1.807) is 12.4 Å². The van der Waals surface area contributed by atoms with Gasteiger partial charge in [-0.25, -0.2) is 0 Å². The van der Waals surface area contributed by atoms with Crippen LogP contribution in [-0.2, 0) is 4.79 Å². The van der Waals surface area contributed by atoms with Crippen molar-refractivity contribution in [2.45, 2.75) is 32.9 Å². The normalized spacial score (nSPS) is 12.7. The maximum atomic E-state index is 11.9. The standard InChI is InChI=1S/C14H24N4O/c1-4-18(10-14(19)17-11(2)3)13(9-15)12-5-7-16-8-6-12/h5-8,11,13H,4,9-10,15H2,1-3H3,(H,17,19). The van der Waals surface area contributed by atoms with E-state index in [4.69, 9.17) is 5.73 Å². The molecule has 0 bridgehead atoms. The van der Waals surface area contributed by atoms with Crippen LogP contribution in [0.4, 0.5) is 0 Å². The highest BCUT2D eigenvalue weighted by Crippen LogP contribution is 2.18. The van der Waals surface area contributed by atoms with E-state index in [2.05, 4.69) is 15.2 Å². The summed E-state index contributed by atoms with van der Waals surface area (Å²) in [7, 11) is 0. The fraction of sp³-hybridized carbons (Fsp3) is 0.571. The van der Waals surface area contributed by atoms with Gasteiger partial charge in [-0.3, -0.25) is 14.7 Å². The van der Waals surface area contributed by atoms with Gasteiger partial charge in [-0.15, -0.1) is 0 Å². The van der Waals surface area contributed by atoms with Gasteiger partial charge in [-0.1, -0.05) is 6.92 Å². The lowest BCUT2D eigenvalue weighted by atomic mass is 10.1. The Morgan fingerprint density at radius 1 is 1.42 bits per heavy atom. The molecule has 1 atom stereocenters. The highest BCUT2D eigenvalue weighted by molar-refractivity contribution is 5.78. The van der Waals surface area contributed by atoms with Crippen molar-refractivity contribution in [2.75, 3.05) is 19.6 Å². The van der Waals surface area contributed by atoms with E-state index < -0.39 is 0 Å². The van der Waals surface area contributed by atoms with Crippen molar-refractivity contribution in [2.24, 2.45) is 5.73 Å². The molecule has 1 unspecified atom stereocenters. The van der Waals surface area contributed by atoms with Gasteiger partial charge in [0, 0.05) is 31.0 Å². The minimum Gasteiger partial charge on any atom is -0.353 e. The Morgan fingerprint density at radius 2 is 2.05 bits per heavy atom. The second-order valence-corrected chi connectivity index (χ2v) is 4.82. The van der Waals surface area contributed by atoms with E-state index in [9.17, 15) is 4.79 Å². The Hall–Kier alpha value is -1.46. The number of aromatic nitrogens is 1. The molecule has 0 aromatic carbocycles. The Kier molecular flexibility index (Phi) is 6.45. The minimum absolute atomic E-state index is 0.0318. The number of nitrogens with one attached hydrogen (secondary N) is 1. The van der Waals surface area contributed by atoms with Crippen LogP contribution in [-0.4, -0.2) is 41.5 Å². The molecule has 0 aliphatic heterocycles. The average molecular weight is 264 g/mol. The highest BCUT2D eigenvalue weighted by atomic mass is 16.2. The molecule has 1 aromatic heterocycles. The number of nitrogens with two attached hydrogens (primary N) is 1. The van der Waals surface area contributed by atoms with E-state index in [-0.39, 0.29) is 18.0 Å². The van der Waals surface area contributed by atoms with Gasteiger partial charge in [0.15, 0.2) is 0 Å². The third-order valence-electron chi connectivity index (χ3n) is 2.96. The maximum absolute atomic E-state index is 11.9. The quantitative estimate of drug-likeness (QED) is 0.768. The Bertz CT molecular complexity index is 380. The molecule has 0 saturated heterocycles. The van der Waals surface area contributed by atoms with Crippen LogP contribution in [0.5, 0.6) is 0 Å². The summed E-state index contributed by atoms with van der Waals surface area (Å²) < 4.78 is 0. The van der Waals surface area contributed by atoms with Crippen LogP contribution < -0.4 is 11.1 Å². The van der Waals surface area contributed by atoms with Crippen LogP contribution in [0.3, 0.4) is 0 Å². The zero-order valence-electron chi connectivity index (χ0n) is 12.0. The van der Waals surface area contributed by atoms with E-state index >= 15 is 0 Å². The molecule has 1 rings (SSSR count). The van der Waals surface area contributed by atoms with Gasteiger partial charge >= 0.3 is 0 Å². The number of hydrogen-bond acceptors (Lipinski definition) is 4. The second-order valence-electron chi connectivity index (χ2n) is 4.82.